The molecule has 0 bridgehead atoms. The van der Waals surface area contributed by atoms with Gasteiger partial charge in [0.1, 0.15) is 23.9 Å². The number of hydrogen-bond donors (Lipinski definition) is 3. The molecule has 2 aliphatic rings. The van der Waals surface area contributed by atoms with Gasteiger partial charge in [-0.15, -0.1) is 0 Å². The highest BCUT2D eigenvalue weighted by atomic mass is 32.2. The Bertz CT molecular complexity index is 1320. The number of guanidine groups is 1. The molecular formula is C27H42N4O15S. The average molecular weight is 695 g/mol. The second kappa shape index (κ2) is 16.1. The van der Waals surface area contributed by atoms with E-state index in [0.717, 1.165) is 19.4 Å². The molecular weight excluding hydrogens is 652 g/mol. The fourth-order valence-corrected chi connectivity index (χ4v) is 4.42. The molecule has 0 unspecified atom stereocenters. The van der Waals surface area contributed by atoms with Gasteiger partial charge in [-0.1, -0.05) is 0 Å². The van der Waals surface area contributed by atoms with Crippen molar-refractivity contribution in [2.75, 3.05) is 33.2 Å². The Morgan fingerprint density at radius 3 is 2.02 bits per heavy atom. The Morgan fingerprint density at radius 2 is 1.57 bits per heavy atom. The molecule has 5 atom stereocenters. The molecule has 2 rings (SSSR count). The molecule has 0 aliphatic carbocycles. The molecule has 3 amide bonds. The Balaban J connectivity index is 2.65. The van der Waals surface area contributed by atoms with E-state index in [1.54, 1.807) is 41.5 Å². The van der Waals surface area contributed by atoms with Crippen molar-refractivity contribution < 1.29 is 69.7 Å². The molecule has 47 heavy (non-hydrogen) atoms. The lowest BCUT2D eigenvalue weighted by molar-refractivity contribution is -0.152. The summed E-state index contributed by atoms with van der Waals surface area (Å²) in [6.07, 6.45) is -5.08. The van der Waals surface area contributed by atoms with E-state index in [0.29, 0.717) is 0 Å². The minimum Gasteiger partial charge on any atom is -0.478 e. The lowest BCUT2D eigenvalue weighted by atomic mass is 9.92. The van der Waals surface area contributed by atoms with Crippen molar-refractivity contribution in [2.24, 2.45) is 4.99 Å². The lowest BCUT2D eigenvalue weighted by Crippen LogP contribution is -2.61. The number of methoxy groups -OCH3 is 1. The van der Waals surface area contributed by atoms with E-state index in [2.05, 4.69) is 20.9 Å². The lowest BCUT2D eigenvalue weighted by Gasteiger charge is -2.40. The van der Waals surface area contributed by atoms with Gasteiger partial charge >= 0.3 is 24.3 Å². The van der Waals surface area contributed by atoms with Crippen molar-refractivity contribution in [3.05, 3.63) is 11.8 Å². The SMILES string of the molecule is COC(=O)C1=C[C@H](N=C(NC(=O)OC(C)(C)C)NC(=O)OC(C)(C)C)[C@@H](NC(C)=O)[C@H]([C@H](OCCOS(C)(=O)=O)[C@H]2COC(=O)O2)O1. The minimum absolute atomic E-state index is 0.347. The molecule has 0 radical (unpaired) electrons. The van der Waals surface area contributed by atoms with Crippen LogP contribution in [0, 0.1) is 0 Å². The first-order valence-electron chi connectivity index (χ1n) is 14.2. The number of carbonyl (C=O) groups excluding carboxylic acids is 5. The molecule has 19 nitrogen and oxygen atoms in total. The third kappa shape index (κ3) is 14.0. The molecule has 2 heterocycles. The van der Waals surface area contributed by atoms with Crippen LogP contribution in [0.1, 0.15) is 48.5 Å². The molecule has 0 aromatic carbocycles. The highest BCUT2D eigenvalue weighted by molar-refractivity contribution is 7.85. The molecule has 0 spiro atoms. The van der Waals surface area contributed by atoms with E-state index in [9.17, 15) is 32.4 Å². The third-order valence-corrected chi connectivity index (χ3v) is 6.17. The topological polar surface area (TPSA) is 242 Å². The number of amides is 3. The highest BCUT2D eigenvalue weighted by Gasteiger charge is 2.49. The van der Waals surface area contributed by atoms with Gasteiger partial charge < -0.3 is 38.5 Å². The first-order chi connectivity index (χ1) is 21.6. The molecule has 3 N–H and O–H groups in total. The minimum atomic E-state index is -3.85. The summed E-state index contributed by atoms with van der Waals surface area (Å²) in [7, 11) is -2.77. The zero-order valence-electron chi connectivity index (χ0n) is 27.6. The van der Waals surface area contributed by atoms with Crippen molar-refractivity contribution in [3.63, 3.8) is 0 Å². The summed E-state index contributed by atoms with van der Waals surface area (Å²) in [5.74, 6) is -2.55. The maximum Gasteiger partial charge on any atom is 0.508 e. The summed E-state index contributed by atoms with van der Waals surface area (Å²) in [4.78, 5) is 66.9. The number of ether oxygens (including phenoxy) is 7. The monoisotopic (exact) mass is 694 g/mol. The number of aliphatic imine (C=N–C) groups is 1. The predicted molar refractivity (Wildman–Crippen MR) is 159 cm³/mol. The van der Waals surface area contributed by atoms with Crippen molar-refractivity contribution in [3.8, 4) is 0 Å². The predicted octanol–water partition coefficient (Wildman–Crippen LogP) is 0.618. The van der Waals surface area contributed by atoms with E-state index in [4.69, 9.17) is 37.3 Å². The molecule has 1 fully saturated rings. The number of rotatable bonds is 10. The number of nitrogens with zero attached hydrogens (tertiary/aromatic N) is 1. The average Bonchev–Trinajstić information content (AvgIpc) is 3.31. The van der Waals surface area contributed by atoms with Crippen molar-refractivity contribution in [2.45, 2.75) is 90.1 Å². The largest absolute Gasteiger partial charge is 0.508 e. The summed E-state index contributed by atoms with van der Waals surface area (Å²) >= 11 is 0. The fraction of sp³-hybridized carbons (Fsp3) is 0.704. The van der Waals surface area contributed by atoms with E-state index in [1.165, 1.54) is 6.92 Å². The van der Waals surface area contributed by atoms with Gasteiger partial charge in [0.05, 0.1) is 38.7 Å². The Hall–Kier alpha value is -4.17. The number of alkyl carbamates (subject to hydrolysis) is 2. The first-order valence-corrected chi connectivity index (χ1v) is 16.0. The van der Waals surface area contributed by atoms with E-state index in [1.807, 2.05) is 0 Å². The molecule has 266 valence electrons. The fourth-order valence-electron chi connectivity index (χ4n) is 4.05. The summed E-state index contributed by atoms with van der Waals surface area (Å²) in [5.41, 5.74) is -1.90. The standard InChI is InChI=1S/C27H42N4O15S/c1-14(32)28-18-15(29-22(30-23(34)45-26(2,3)4)31-24(35)46-27(5,6)7)12-16(21(33)39-8)43-20(18)19(17-13-41-25(36)44-17)40-10-11-42-47(9,37)38/h12,15,17-20H,10-11,13H2,1-9H3,(H,28,32)(H2,29,30,31,34,35)/t15-,17+,18+,19+,20+/m0/s1. The van der Waals surface area contributed by atoms with Gasteiger partial charge in [-0.25, -0.2) is 24.2 Å². The van der Waals surface area contributed by atoms with Gasteiger partial charge in [0.25, 0.3) is 10.1 Å². The molecule has 0 saturated carbocycles. The quantitative estimate of drug-likeness (QED) is 0.0709. The summed E-state index contributed by atoms with van der Waals surface area (Å²) in [6.45, 7) is 9.59. The zero-order chi connectivity index (χ0) is 35.7. The van der Waals surface area contributed by atoms with Crippen LogP contribution >= 0.6 is 0 Å². The zero-order valence-corrected chi connectivity index (χ0v) is 28.4. The maximum atomic E-state index is 12.7. The van der Waals surface area contributed by atoms with Crippen LogP contribution in [-0.2, 0) is 57.0 Å². The third-order valence-electron chi connectivity index (χ3n) is 5.57. The number of nitrogens with one attached hydrogen (secondary N) is 3. The maximum absolute atomic E-state index is 12.7. The second-order valence-corrected chi connectivity index (χ2v) is 13.8. The van der Waals surface area contributed by atoms with E-state index >= 15 is 0 Å². The summed E-state index contributed by atoms with van der Waals surface area (Å²) in [6, 6.07) is -2.60. The van der Waals surface area contributed by atoms with Gasteiger partial charge in [0.2, 0.25) is 17.6 Å². The molecule has 20 heteroatoms. The summed E-state index contributed by atoms with van der Waals surface area (Å²) < 4.78 is 64.9. The van der Waals surface area contributed by atoms with Gasteiger partial charge in [-0.05, 0) is 47.6 Å². The van der Waals surface area contributed by atoms with Gasteiger partial charge in [-0.2, -0.15) is 8.42 Å². The van der Waals surface area contributed by atoms with Gasteiger partial charge in [0.15, 0.2) is 12.2 Å². The van der Waals surface area contributed by atoms with Crippen LogP contribution in [0.3, 0.4) is 0 Å². The van der Waals surface area contributed by atoms with Crippen LogP contribution < -0.4 is 16.0 Å². The van der Waals surface area contributed by atoms with Gasteiger partial charge in [0, 0.05) is 6.92 Å². The van der Waals surface area contributed by atoms with Gasteiger partial charge in [-0.3, -0.25) is 19.6 Å². The second-order valence-electron chi connectivity index (χ2n) is 12.1. The Morgan fingerprint density at radius 1 is 1.00 bits per heavy atom. The van der Waals surface area contributed by atoms with Crippen molar-refractivity contribution >= 4 is 46.3 Å². The number of carbonyl (C=O) groups is 5. The van der Waals surface area contributed by atoms with Crippen LogP contribution in [0.2, 0.25) is 0 Å². The van der Waals surface area contributed by atoms with E-state index < -0.39 is 107 Å². The van der Waals surface area contributed by atoms with Crippen molar-refractivity contribution in [1.29, 1.82) is 0 Å². The number of esters is 1. The Kier molecular flexibility index (Phi) is 13.4. The van der Waals surface area contributed by atoms with Crippen molar-refractivity contribution in [1.82, 2.24) is 16.0 Å². The smallest absolute Gasteiger partial charge is 0.478 e. The van der Waals surface area contributed by atoms with Crippen LogP contribution in [-0.4, -0.2) is 119 Å². The Labute approximate surface area is 272 Å². The molecule has 2 aliphatic heterocycles. The number of cyclic esters (lactones) is 2. The highest BCUT2D eigenvalue weighted by Crippen LogP contribution is 2.29. The van der Waals surface area contributed by atoms with Crippen LogP contribution in [0.4, 0.5) is 14.4 Å². The van der Waals surface area contributed by atoms with E-state index in [-0.39, 0.29) is 6.61 Å². The van der Waals surface area contributed by atoms with Crippen LogP contribution in [0.25, 0.3) is 0 Å². The normalized spacial score (nSPS) is 21.8. The number of hydrogen-bond acceptors (Lipinski definition) is 16. The molecule has 0 aromatic heterocycles. The van der Waals surface area contributed by atoms with Crippen LogP contribution in [0.5, 0.6) is 0 Å². The first kappa shape index (κ1) is 39.0. The van der Waals surface area contributed by atoms with Crippen LogP contribution in [0.15, 0.2) is 16.8 Å². The molecule has 1 saturated heterocycles. The molecule has 0 aromatic rings. The summed E-state index contributed by atoms with van der Waals surface area (Å²) in [5, 5.41) is 7.26.